The summed E-state index contributed by atoms with van der Waals surface area (Å²) in [5, 5.41) is 20.1. The van der Waals surface area contributed by atoms with Crippen molar-refractivity contribution >= 4 is 16.9 Å². The number of unbranched alkanes of at least 4 members (excludes halogenated alkanes) is 1. The number of aliphatic hydroxyl groups excluding tert-OH is 2. The number of fused-ring (bicyclic) bond motifs is 5. The lowest BCUT2D eigenvalue weighted by Gasteiger charge is -2.21. The molecule has 2 aromatic heterocycles. The van der Waals surface area contributed by atoms with Crippen molar-refractivity contribution in [2.75, 3.05) is 6.61 Å². The van der Waals surface area contributed by atoms with Crippen molar-refractivity contribution in [2.45, 2.75) is 59.3 Å². The molecule has 5 rings (SSSR count). The Labute approximate surface area is 190 Å². The molecular weight excluding hydrogens is 427 g/mol. The predicted molar refractivity (Wildman–Crippen MR) is 121 cm³/mol. The average molecular weight is 454 g/mol. The van der Waals surface area contributed by atoms with Crippen LogP contribution in [-0.2, 0) is 29.1 Å². The van der Waals surface area contributed by atoms with Crippen molar-refractivity contribution in [3.05, 3.63) is 62.2 Å². The smallest absolute Gasteiger partial charge is 0.340 e. The number of pyridine rings is 2. The van der Waals surface area contributed by atoms with E-state index in [9.17, 15) is 19.1 Å². The number of benzene rings is 1. The minimum absolute atomic E-state index is 0.0842. The van der Waals surface area contributed by atoms with Crippen LogP contribution in [0.5, 0.6) is 0 Å². The third-order valence-electron chi connectivity index (χ3n) is 6.25. The highest BCUT2D eigenvalue weighted by atomic mass is 19.1. The number of aryl methyl sites for hydroxylation is 1. The van der Waals surface area contributed by atoms with E-state index in [0.717, 1.165) is 22.9 Å². The molecule has 3 aromatic rings. The molecule has 8 heteroatoms. The van der Waals surface area contributed by atoms with Gasteiger partial charge in [-0.05, 0) is 49.4 Å². The quantitative estimate of drug-likeness (QED) is 0.362. The van der Waals surface area contributed by atoms with Gasteiger partial charge in [-0.25, -0.2) is 14.2 Å². The van der Waals surface area contributed by atoms with Gasteiger partial charge >= 0.3 is 5.97 Å². The van der Waals surface area contributed by atoms with Gasteiger partial charge in [-0.1, -0.05) is 13.8 Å². The van der Waals surface area contributed by atoms with Gasteiger partial charge in [-0.15, -0.1) is 0 Å². The van der Waals surface area contributed by atoms with Crippen molar-refractivity contribution < 1.29 is 24.1 Å². The van der Waals surface area contributed by atoms with Gasteiger partial charge in [-0.2, -0.15) is 0 Å². The molecule has 0 saturated carbocycles. The molecule has 2 N–H and O–H groups in total. The van der Waals surface area contributed by atoms with E-state index >= 15 is 0 Å². The number of cyclic esters (lactones) is 1. The van der Waals surface area contributed by atoms with Crippen LogP contribution in [0.2, 0.25) is 0 Å². The fourth-order valence-electron chi connectivity index (χ4n) is 4.54. The Balaban J connectivity index is 0.00000126. The van der Waals surface area contributed by atoms with Crippen molar-refractivity contribution in [3.63, 3.8) is 0 Å². The van der Waals surface area contributed by atoms with E-state index in [2.05, 4.69) is 4.98 Å². The first-order valence-electron chi connectivity index (χ1n) is 11.2. The van der Waals surface area contributed by atoms with Gasteiger partial charge < -0.3 is 19.5 Å². The zero-order chi connectivity index (χ0) is 23.9. The fraction of sp³-hybridized carbons (Fsp3) is 0.400. The summed E-state index contributed by atoms with van der Waals surface area (Å²) in [5.41, 5.74) is 3.95. The molecule has 0 aliphatic carbocycles. The summed E-state index contributed by atoms with van der Waals surface area (Å²) in [5.74, 6) is -1.13. The molecule has 0 fully saturated rings. The molecule has 33 heavy (non-hydrogen) atoms. The Kier molecular flexibility index (Phi) is 6.32. The maximum absolute atomic E-state index is 14.6. The Morgan fingerprint density at radius 2 is 1.97 bits per heavy atom. The Hall–Kier alpha value is -3.10. The van der Waals surface area contributed by atoms with Crippen molar-refractivity contribution in [1.29, 1.82) is 0 Å². The normalized spacial score (nSPS) is 15.9. The molecule has 1 aromatic carbocycles. The molecule has 0 saturated heterocycles. The van der Waals surface area contributed by atoms with Crippen LogP contribution >= 0.6 is 0 Å². The largest absolute Gasteiger partial charge is 0.458 e. The van der Waals surface area contributed by atoms with Crippen molar-refractivity contribution in [3.8, 4) is 11.4 Å². The maximum Gasteiger partial charge on any atom is 0.340 e. The van der Waals surface area contributed by atoms with Gasteiger partial charge in [0.25, 0.3) is 5.56 Å². The zero-order valence-electron chi connectivity index (χ0n) is 18.9. The van der Waals surface area contributed by atoms with E-state index in [1.807, 2.05) is 19.9 Å². The number of hydrogen-bond donors (Lipinski definition) is 2. The molecule has 0 bridgehead atoms. The first kappa shape index (κ1) is 23.1. The molecule has 1 unspecified atom stereocenters. The van der Waals surface area contributed by atoms with Crippen LogP contribution in [0.3, 0.4) is 0 Å². The van der Waals surface area contributed by atoms with E-state index in [-0.39, 0.29) is 35.7 Å². The van der Waals surface area contributed by atoms with Gasteiger partial charge in [0.05, 0.1) is 29.0 Å². The summed E-state index contributed by atoms with van der Waals surface area (Å²) in [7, 11) is 0. The molecule has 0 amide bonds. The lowest BCUT2D eigenvalue weighted by atomic mass is 9.95. The van der Waals surface area contributed by atoms with Crippen LogP contribution in [0, 0.1) is 12.7 Å². The van der Waals surface area contributed by atoms with Gasteiger partial charge in [0.1, 0.15) is 12.4 Å². The molecule has 0 radical (unpaired) electrons. The van der Waals surface area contributed by atoms with E-state index in [1.54, 1.807) is 17.6 Å². The summed E-state index contributed by atoms with van der Waals surface area (Å²) < 4.78 is 21.1. The van der Waals surface area contributed by atoms with Crippen molar-refractivity contribution in [1.82, 2.24) is 9.55 Å². The number of carbonyl (C=O) groups excluding carboxylic acids is 1. The SMILES string of the molecule is CC.Cc1c(F)cc2nc3c(cc2c1CCCCO)Cn1c-3cc2c(c1=O)COC(=O)C2O. The van der Waals surface area contributed by atoms with E-state index < -0.39 is 12.1 Å². The van der Waals surface area contributed by atoms with Gasteiger partial charge in [0.15, 0.2) is 6.10 Å². The van der Waals surface area contributed by atoms with E-state index in [4.69, 9.17) is 9.84 Å². The summed E-state index contributed by atoms with van der Waals surface area (Å²) in [6.07, 6.45) is 0.468. The minimum atomic E-state index is -1.51. The summed E-state index contributed by atoms with van der Waals surface area (Å²) >= 11 is 0. The van der Waals surface area contributed by atoms with Crippen LogP contribution in [0.25, 0.3) is 22.3 Å². The number of rotatable bonds is 4. The number of halogens is 1. The number of nitrogens with zero attached hydrogens (tertiary/aromatic N) is 2. The first-order valence-corrected chi connectivity index (χ1v) is 11.2. The molecule has 4 heterocycles. The van der Waals surface area contributed by atoms with Crippen LogP contribution in [-0.4, -0.2) is 32.3 Å². The Bertz CT molecular complexity index is 1310. The first-order chi connectivity index (χ1) is 15.9. The van der Waals surface area contributed by atoms with Crippen LogP contribution in [0.15, 0.2) is 23.0 Å². The van der Waals surface area contributed by atoms with Crippen molar-refractivity contribution in [2.24, 2.45) is 0 Å². The van der Waals surface area contributed by atoms with Gasteiger partial charge in [0, 0.05) is 29.2 Å². The number of carbonyl (C=O) groups is 1. The zero-order valence-corrected chi connectivity index (χ0v) is 18.9. The molecule has 1 atom stereocenters. The van der Waals surface area contributed by atoms with E-state index in [1.165, 1.54) is 6.07 Å². The standard InChI is InChI=1S/C23H21FN2O5.C2H6/c1-11-13(4-2-3-5-27)14-6-12-9-26-19(20(12)25-18(14)8-17(11)24)7-15-16(22(26)29)10-31-23(30)21(15)28;1-2/h6-8,21,27-28H,2-5,9-10H2,1H3;1-2H3. The lowest BCUT2D eigenvalue weighted by molar-refractivity contribution is -0.157. The molecule has 2 aliphatic heterocycles. The third kappa shape index (κ3) is 3.73. The third-order valence-corrected chi connectivity index (χ3v) is 6.25. The highest BCUT2D eigenvalue weighted by Gasteiger charge is 2.33. The summed E-state index contributed by atoms with van der Waals surface area (Å²) in [6, 6.07) is 4.95. The van der Waals surface area contributed by atoms with Gasteiger partial charge in [-0.3, -0.25) is 4.79 Å². The molecule has 7 nitrogen and oxygen atoms in total. The molecule has 0 spiro atoms. The highest BCUT2D eigenvalue weighted by molar-refractivity contribution is 5.88. The number of hydrogen-bond acceptors (Lipinski definition) is 6. The average Bonchev–Trinajstić information content (AvgIpc) is 3.17. The molecule has 174 valence electrons. The Morgan fingerprint density at radius 3 is 2.70 bits per heavy atom. The molecule has 2 aliphatic rings. The van der Waals surface area contributed by atoms with Crippen LogP contribution < -0.4 is 5.56 Å². The molecular formula is C25H27FN2O5. The van der Waals surface area contributed by atoms with Gasteiger partial charge in [0.2, 0.25) is 0 Å². The minimum Gasteiger partial charge on any atom is -0.458 e. The number of ether oxygens (including phenoxy) is 1. The second-order valence-electron chi connectivity index (χ2n) is 8.07. The topological polar surface area (TPSA) is 102 Å². The maximum atomic E-state index is 14.6. The monoisotopic (exact) mass is 454 g/mol. The van der Waals surface area contributed by atoms with E-state index in [0.29, 0.717) is 41.9 Å². The lowest BCUT2D eigenvalue weighted by Crippen LogP contribution is -2.32. The fourth-order valence-corrected chi connectivity index (χ4v) is 4.54. The number of aromatic nitrogens is 2. The predicted octanol–water partition coefficient (Wildman–Crippen LogP) is 3.30. The highest BCUT2D eigenvalue weighted by Crippen LogP contribution is 2.37. The summed E-state index contributed by atoms with van der Waals surface area (Å²) in [4.78, 5) is 29.4. The van der Waals surface area contributed by atoms with Crippen LogP contribution in [0.4, 0.5) is 4.39 Å². The Morgan fingerprint density at radius 1 is 1.21 bits per heavy atom. The number of esters is 1. The van der Waals surface area contributed by atoms with Crippen LogP contribution in [0.1, 0.15) is 60.6 Å². The number of aliphatic hydroxyl groups is 2. The summed E-state index contributed by atoms with van der Waals surface area (Å²) in [6.45, 7) is 5.95. The second-order valence-corrected chi connectivity index (χ2v) is 8.07. The second kappa shape index (κ2) is 9.03.